The number of carbonyl (C=O) groups excluding carboxylic acids is 4. The maximum atomic E-state index is 13.2. The molecule has 9 nitrogen and oxygen atoms in total. The third-order valence-corrected chi connectivity index (χ3v) is 4.36. The second kappa shape index (κ2) is 11.4. The highest BCUT2D eigenvalue weighted by atomic mass is 127. The lowest BCUT2D eigenvalue weighted by molar-refractivity contribution is -0.157. The van der Waals surface area contributed by atoms with Crippen LogP contribution in [-0.4, -0.2) is 46.8 Å². The van der Waals surface area contributed by atoms with E-state index in [9.17, 15) is 19.2 Å². The number of hydrogen-bond acceptors (Lipinski definition) is 7. The van der Waals surface area contributed by atoms with Gasteiger partial charge in [0.15, 0.2) is 5.78 Å². The van der Waals surface area contributed by atoms with Gasteiger partial charge in [-0.3, -0.25) is 10.1 Å². The third-order valence-electron chi connectivity index (χ3n) is 3.69. The Kier molecular flexibility index (Phi) is 9.92. The van der Waals surface area contributed by atoms with E-state index in [-0.39, 0.29) is 11.3 Å². The molecule has 0 radical (unpaired) electrons. The van der Waals surface area contributed by atoms with Crippen molar-refractivity contribution in [1.82, 2.24) is 5.32 Å². The van der Waals surface area contributed by atoms with Crippen molar-refractivity contribution in [3.63, 3.8) is 0 Å². The SMILES string of the molecule is CC(C)(C)OC(=O)Nc1ccc(I)cc1C(=O)C[C@H](NC(=O)OC(C)(C)C)C(=O)OC(C)(C)C. The van der Waals surface area contributed by atoms with Crippen LogP contribution in [0.2, 0.25) is 0 Å². The molecule has 0 aliphatic heterocycles. The lowest BCUT2D eigenvalue weighted by Crippen LogP contribution is -2.47. The van der Waals surface area contributed by atoms with E-state index < -0.39 is 53.2 Å². The molecule has 0 aliphatic carbocycles. The number of carbonyl (C=O) groups is 4. The zero-order chi connectivity index (χ0) is 26.5. The number of amides is 2. The maximum Gasteiger partial charge on any atom is 0.412 e. The van der Waals surface area contributed by atoms with Crippen LogP contribution in [0.1, 0.15) is 79.1 Å². The molecule has 0 saturated carbocycles. The number of ether oxygens (including phenoxy) is 3. The van der Waals surface area contributed by atoms with Gasteiger partial charge < -0.3 is 19.5 Å². The van der Waals surface area contributed by atoms with Crippen LogP contribution in [0, 0.1) is 3.57 Å². The quantitative estimate of drug-likeness (QED) is 0.196. The highest BCUT2D eigenvalue weighted by Crippen LogP contribution is 2.23. The molecule has 0 heterocycles. The fourth-order valence-electron chi connectivity index (χ4n) is 2.58. The van der Waals surface area contributed by atoms with Gasteiger partial charge in [0, 0.05) is 15.6 Å². The molecule has 2 N–H and O–H groups in total. The summed E-state index contributed by atoms with van der Waals surface area (Å²) in [6.45, 7) is 15.3. The number of alkyl carbamates (subject to hydrolysis) is 1. The molecular weight excluding hydrogens is 555 g/mol. The van der Waals surface area contributed by atoms with E-state index in [4.69, 9.17) is 14.2 Å². The normalized spacial score (nSPS) is 12.9. The molecule has 0 spiro atoms. The van der Waals surface area contributed by atoms with Crippen molar-refractivity contribution in [1.29, 1.82) is 0 Å². The third kappa shape index (κ3) is 11.7. The van der Waals surface area contributed by atoms with Crippen molar-refractivity contribution < 1.29 is 33.4 Å². The number of hydrogen-bond donors (Lipinski definition) is 2. The van der Waals surface area contributed by atoms with Crippen molar-refractivity contribution in [2.24, 2.45) is 0 Å². The predicted molar refractivity (Wildman–Crippen MR) is 137 cm³/mol. The van der Waals surface area contributed by atoms with Gasteiger partial charge >= 0.3 is 18.2 Å². The molecule has 1 aromatic carbocycles. The van der Waals surface area contributed by atoms with Crippen molar-refractivity contribution in [2.45, 2.75) is 91.6 Å². The van der Waals surface area contributed by atoms with Crippen LogP contribution in [0.15, 0.2) is 18.2 Å². The van der Waals surface area contributed by atoms with Crippen LogP contribution >= 0.6 is 22.6 Å². The Labute approximate surface area is 214 Å². The van der Waals surface area contributed by atoms with Gasteiger partial charge in [0.1, 0.15) is 22.8 Å². The fourth-order valence-corrected chi connectivity index (χ4v) is 3.07. The fraction of sp³-hybridized carbons (Fsp3) is 0.583. The van der Waals surface area contributed by atoms with Gasteiger partial charge in [-0.2, -0.15) is 0 Å². The summed E-state index contributed by atoms with van der Waals surface area (Å²) in [5.74, 6) is -1.27. The highest BCUT2D eigenvalue weighted by molar-refractivity contribution is 14.1. The first kappa shape index (κ1) is 29.7. The lowest BCUT2D eigenvalue weighted by Gasteiger charge is -2.26. The minimum Gasteiger partial charge on any atom is -0.458 e. The molecule has 2 amide bonds. The number of anilines is 1. The molecule has 1 aromatic rings. The molecule has 0 bridgehead atoms. The molecule has 34 heavy (non-hydrogen) atoms. The topological polar surface area (TPSA) is 120 Å². The van der Waals surface area contributed by atoms with Crippen LogP contribution in [0.25, 0.3) is 0 Å². The summed E-state index contributed by atoms with van der Waals surface area (Å²) in [6, 6.07) is 3.57. The Morgan fingerprint density at radius 3 is 1.82 bits per heavy atom. The smallest absolute Gasteiger partial charge is 0.412 e. The molecule has 0 aromatic heterocycles. The molecule has 1 rings (SSSR count). The Balaban J connectivity index is 3.19. The summed E-state index contributed by atoms with van der Waals surface area (Å²) in [6.07, 6.45) is -1.98. The van der Waals surface area contributed by atoms with Crippen LogP contribution in [0.4, 0.5) is 15.3 Å². The number of rotatable bonds is 6. The summed E-state index contributed by atoms with van der Waals surface area (Å²) in [5.41, 5.74) is -1.97. The van der Waals surface area contributed by atoms with Gasteiger partial charge in [0.25, 0.3) is 0 Å². The average molecular weight is 590 g/mol. The van der Waals surface area contributed by atoms with Crippen molar-refractivity contribution >= 4 is 52.2 Å². The zero-order valence-electron chi connectivity index (χ0n) is 21.3. The predicted octanol–water partition coefficient (Wildman–Crippen LogP) is 5.45. The van der Waals surface area contributed by atoms with E-state index in [2.05, 4.69) is 10.6 Å². The van der Waals surface area contributed by atoms with Crippen molar-refractivity contribution in [3.05, 3.63) is 27.3 Å². The molecule has 10 heteroatoms. The second-order valence-electron chi connectivity index (χ2n) is 10.7. The minimum absolute atomic E-state index is 0.164. The van der Waals surface area contributed by atoms with E-state index in [1.54, 1.807) is 80.5 Å². The lowest BCUT2D eigenvalue weighted by atomic mass is 10.0. The van der Waals surface area contributed by atoms with E-state index in [1.807, 2.05) is 22.6 Å². The van der Waals surface area contributed by atoms with Gasteiger partial charge in [-0.1, -0.05) is 0 Å². The molecule has 190 valence electrons. The van der Waals surface area contributed by atoms with Gasteiger partial charge in [-0.15, -0.1) is 0 Å². The minimum atomic E-state index is -1.30. The van der Waals surface area contributed by atoms with Gasteiger partial charge in [-0.05, 0) is 103 Å². The Morgan fingerprint density at radius 1 is 0.824 bits per heavy atom. The summed E-state index contributed by atoms with van der Waals surface area (Å²) < 4.78 is 16.6. The maximum absolute atomic E-state index is 13.2. The first-order valence-electron chi connectivity index (χ1n) is 10.8. The van der Waals surface area contributed by atoms with Crippen LogP contribution in [0.3, 0.4) is 0 Å². The Bertz CT molecular complexity index is 925. The monoisotopic (exact) mass is 590 g/mol. The summed E-state index contributed by atoms with van der Waals surface area (Å²) >= 11 is 2.03. The standard InChI is InChI=1S/C24H35IN2O7/c1-22(2,3)32-19(29)17(27-21(31)34-24(7,8)9)13-18(28)15-12-14(25)10-11-16(15)26-20(30)33-23(4,5)6/h10-12,17H,13H2,1-9H3,(H,26,30)(H,27,31)/t17-/m0/s1. The molecular formula is C24H35IN2O7. The molecule has 0 saturated heterocycles. The second-order valence-corrected chi connectivity index (χ2v) is 11.9. The Morgan fingerprint density at radius 2 is 1.32 bits per heavy atom. The van der Waals surface area contributed by atoms with Crippen LogP contribution in [0.5, 0.6) is 0 Å². The van der Waals surface area contributed by atoms with E-state index in [1.165, 1.54) is 0 Å². The Hall–Kier alpha value is -2.37. The van der Waals surface area contributed by atoms with Crippen LogP contribution in [-0.2, 0) is 19.0 Å². The van der Waals surface area contributed by atoms with E-state index in [0.717, 1.165) is 3.57 Å². The van der Waals surface area contributed by atoms with Crippen LogP contribution < -0.4 is 10.6 Å². The number of esters is 1. The summed E-state index contributed by atoms with van der Waals surface area (Å²) in [7, 11) is 0. The van der Waals surface area contributed by atoms with Gasteiger partial charge in [0.05, 0.1) is 5.69 Å². The molecule has 0 unspecified atom stereocenters. The zero-order valence-corrected chi connectivity index (χ0v) is 23.4. The number of Topliss-reactive ketones (excluding diaryl/α,β-unsaturated/α-hetero) is 1. The van der Waals surface area contributed by atoms with E-state index >= 15 is 0 Å². The first-order chi connectivity index (χ1) is 15.3. The molecule has 1 atom stereocenters. The van der Waals surface area contributed by atoms with Gasteiger partial charge in [0.2, 0.25) is 0 Å². The van der Waals surface area contributed by atoms with Gasteiger partial charge in [-0.25, -0.2) is 14.4 Å². The molecule has 0 aliphatic rings. The van der Waals surface area contributed by atoms with Crippen molar-refractivity contribution in [2.75, 3.05) is 5.32 Å². The number of ketones is 1. The van der Waals surface area contributed by atoms with Crippen molar-refractivity contribution in [3.8, 4) is 0 Å². The highest BCUT2D eigenvalue weighted by Gasteiger charge is 2.31. The number of benzene rings is 1. The largest absolute Gasteiger partial charge is 0.458 e. The number of halogens is 1. The number of nitrogens with one attached hydrogen (secondary N) is 2. The average Bonchev–Trinajstić information content (AvgIpc) is 2.57. The molecule has 0 fully saturated rings. The summed E-state index contributed by atoms with van der Waals surface area (Å²) in [5, 5.41) is 5.01. The summed E-state index contributed by atoms with van der Waals surface area (Å²) in [4.78, 5) is 50.6. The van der Waals surface area contributed by atoms with E-state index in [0.29, 0.717) is 0 Å². The first-order valence-corrected chi connectivity index (χ1v) is 11.9.